The molecule has 2 aliphatic heterocycles. The van der Waals surface area contributed by atoms with E-state index in [1.54, 1.807) is 24.3 Å². The number of nitrogens with one attached hydrogen (secondary N) is 1. The van der Waals surface area contributed by atoms with Crippen molar-refractivity contribution >= 4 is 68.1 Å². The second-order valence-corrected chi connectivity index (χ2v) is 13.4. The molecule has 1 aromatic heterocycles. The molecule has 0 aliphatic carbocycles. The van der Waals surface area contributed by atoms with Crippen molar-refractivity contribution < 1.29 is 40.7 Å². The summed E-state index contributed by atoms with van der Waals surface area (Å²) in [6, 6.07) is 15.1. The quantitative estimate of drug-likeness (QED) is 0.174. The van der Waals surface area contributed by atoms with Gasteiger partial charge in [0.1, 0.15) is 11.8 Å². The number of imide groups is 1. The van der Waals surface area contributed by atoms with Crippen molar-refractivity contribution in [3.63, 3.8) is 0 Å². The first-order valence-electron chi connectivity index (χ1n) is 13.3. The zero-order valence-electron chi connectivity index (χ0n) is 22.9. The number of alkyl halides is 6. The molecule has 1 N–H and O–H groups in total. The van der Waals surface area contributed by atoms with Gasteiger partial charge in [0.2, 0.25) is 17.7 Å². The molecule has 1 fully saturated rings. The van der Waals surface area contributed by atoms with E-state index in [0.717, 1.165) is 52.7 Å². The second kappa shape index (κ2) is 11.7. The van der Waals surface area contributed by atoms with Gasteiger partial charge in [-0.05, 0) is 42.0 Å². The number of amides is 3. The molecule has 46 heavy (non-hydrogen) atoms. The van der Waals surface area contributed by atoms with Gasteiger partial charge in [-0.2, -0.15) is 26.3 Å². The van der Waals surface area contributed by atoms with Crippen molar-refractivity contribution in [2.45, 2.75) is 35.1 Å². The minimum absolute atomic E-state index is 0.121. The number of carbonyl (C=O) groups excluding carboxylic acids is 3. The first kappa shape index (κ1) is 32.1. The number of anilines is 2. The first-order chi connectivity index (χ1) is 21.7. The zero-order chi connectivity index (χ0) is 33.1. The highest BCUT2D eigenvalue weighted by atomic mass is 79.9. The molecule has 3 heterocycles. The van der Waals surface area contributed by atoms with Gasteiger partial charge < -0.3 is 5.32 Å². The van der Waals surface area contributed by atoms with E-state index in [4.69, 9.17) is 0 Å². The van der Waals surface area contributed by atoms with Gasteiger partial charge in [-0.1, -0.05) is 75.4 Å². The number of nitrogens with zero attached hydrogens (tertiary/aromatic N) is 2. The summed E-state index contributed by atoms with van der Waals surface area (Å²) < 4.78 is 84.0. The van der Waals surface area contributed by atoms with Crippen molar-refractivity contribution in [1.29, 1.82) is 0 Å². The van der Waals surface area contributed by atoms with Crippen LogP contribution in [0.25, 0.3) is 0 Å². The fourth-order valence-corrected chi connectivity index (χ4v) is 8.64. The molecule has 0 radical (unpaired) electrons. The van der Waals surface area contributed by atoms with Gasteiger partial charge in [0.25, 0.3) is 0 Å². The lowest BCUT2D eigenvalue weighted by Crippen LogP contribution is -2.33. The van der Waals surface area contributed by atoms with E-state index >= 15 is 0 Å². The average molecular weight is 743 g/mol. The Labute approximate surface area is 272 Å². The SMILES string of the molecule is O=C(Cn1c2c(sc1=O)[C@@H](c1ccc(Br)cc1)[C@@H]1C(=O)N(c3ccccc3C(F)(F)F)C(=O)[C@@H]1S2)Nc1ccccc1C(F)(F)F. The Hall–Kier alpha value is -3.89. The summed E-state index contributed by atoms with van der Waals surface area (Å²) in [5.41, 5.74) is -2.93. The topological polar surface area (TPSA) is 88.5 Å². The molecule has 4 aromatic rings. The molecule has 3 amide bonds. The van der Waals surface area contributed by atoms with E-state index in [9.17, 15) is 45.5 Å². The van der Waals surface area contributed by atoms with Gasteiger partial charge in [-0.15, -0.1) is 0 Å². The van der Waals surface area contributed by atoms with E-state index in [0.29, 0.717) is 31.2 Å². The highest BCUT2D eigenvalue weighted by Crippen LogP contribution is 2.54. The molecule has 0 spiro atoms. The van der Waals surface area contributed by atoms with Crippen molar-refractivity contribution in [1.82, 2.24) is 4.57 Å². The molecule has 3 atom stereocenters. The number of hydrogen-bond acceptors (Lipinski definition) is 6. The van der Waals surface area contributed by atoms with E-state index in [2.05, 4.69) is 21.2 Å². The van der Waals surface area contributed by atoms with Crippen LogP contribution in [0, 0.1) is 5.92 Å². The number of fused-ring (bicyclic) bond motifs is 2. The van der Waals surface area contributed by atoms with Crippen LogP contribution in [0.5, 0.6) is 0 Å². The summed E-state index contributed by atoms with van der Waals surface area (Å²) in [7, 11) is 0. The van der Waals surface area contributed by atoms with Crippen LogP contribution < -0.4 is 15.1 Å². The third-order valence-electron chi connectivity index (χ3n) is 7.54. The molecule has 0 bridgehead atoms. The van der Waals surface area contributed by atoms with Gasteiger partial charge in [-0.3, -0.25) is 23.7 Å². The van der Waals surface area contributed by atoms with Crippen molar-refractivity contribution in [2.24, 2.45) is 5.92 Å². The van der Waals surface area contributed by atoms with Crippen LogP contribution in [0.2, 0.25) is 0 Å². The normalized spacial score (nSPS) is 19.6. The van der Waals surface area contributed by atoms with Crippen molar-refractivity contribution in [3.05, 3.63) is 109 Å². The largest absolute Gasteiger partial charge is 0.418 e. The number of aromatic nitrogens is 1. The van der Waals surface area contributed by atoms with E-state index in [-0.39, 0.29) is 5.03 Å². The Morgan fingerprint density at radius 2 is 1.43 bits per heavy atom. The Balaban J connectivity index is 1.42. The minimum Gasteiger partial charge on any atom is -0.324 e. The Kier molecular flexibility index (Phi) is 8.17. The Morgan fingerprint density at radius 1 is 0.826 bits per heavy atom. The molecule has 238 valence electrons. The predicted molar refractivity (Wildman–Crippen MR) is 162 cm³/mol. The number of benzene rings is 3. The van der Waals surface area contributed by atoms with Crippen LogP contribution in [0.15, 0.2) is 87.1 Å². The standard InChI is InChI=1S/C30H18BrF6N3O4S2/c31-15-11-9-14(10-12-15)21-22-23(26(43)40(25(22)42)19-8-4-2-6-17(19)30(35,36)37)45-27-24(21)46-28(44)39(27)13-20(41)38-18-7-3-1-5-16(18)29(32,33)34/h1-12,21-23H,13H2,(H,38,41)/t21-,22-,23+/m0/s1. The predicted octanol–water partition coefficient (Wildman–Crippen LogP) is 7.14. The van der Waals surface area contributed by atoms with Gasteiger partial charge >= 0.3 is 17.2 Å². The number of carbonyl (C=O) groups is 3. The molecule has 16 heteroatoms. The lowest BCUT2D eigenvalue weighted by Gasteiger charge is -2.30. The minimum atomic E-state index is -4.87. The summed E-state index contributed by atoms with van der Waals surface area (Å²) in [6.45, 7) is -0.725. The van der Waals surface area contributed by atoms with Gasteiger partial charge in [0.15, 0.2) is 0 Å². The summed E-state index contributed by atoms with van der Waals surface area (Å²) in [6.07, 6.45) is -9.64. The number of thioether (sulfide) groups is 1. The number of rotatable bonds is 5. The van der Waals surface area contributed by atoms with Gasteiger partial charge in [0.05, 0.1) is 33.4 Å². The summed E-state index contributed by atoms with van der Waals surface area (Å²) >= 11 is 4.78. The van der Waals surface area contributed by atoms with E-state index < -0.39 is 81.1 Å². The van der Waals surface area contributed by atoms with Crippen LogP contribution in [0.4, 0.5) is 37.7 Å². The molecule has 3 aromatic carbocycles. The van der Waals surface area contributed by atoms with Crippen molar-refractivity contribution in [3.8, 4) is 0 Å². The third kappa shape index (κ3) is 5.66. The molecule has 1 saturated heterocycles. The maximum atomic E-state index is 14.0. The monoisotopic (exact) mass is 741 g/mol. The number of hydrogen-bond donors (Lipinski definition) is 1. The number of thiazole rings is 1. The van der Waals surface area contributed by atoms with Crippen LogP contribution in [0.1, 0.15) is 27.5 Å². The summed E-state index contributed by atoms with van der Waals surface area (Å²) in [4.78, 5) is 54.2. The Bertz CT molecular complexity index is 1940. The highest BCUT2D eigenvalue weighted by Gasteiger charge is 2.57. The number of para-hydroxylation sites is 2. The molecule has 0 saturated carbocycles. The number of halogens is 7. The fraction of sp³-hybridized carbons (Fsp3) is 0.200. The third-order valence-corrected chi connectivity index (χ3v) is 10.7. The van der Waals surface area contributed by atoms with Crippen LogP contribution in [-0.2, 0) is 33.3 Å². The van der Waals surface area contributed by atoms with E-state index in [1.165, 1.54) is 12.1 Å². The molecular weight excluding hydrogens is 724 g/mol. The lowest BCUT2D eigenvalue weighted by atomic mass is 9.83. The lowest BCUT2D eigenvalue weighted by molar-refractivity contribution is -0.138. The Morgan fingerprint density at radius 3 is 2.09 bits per heavy atom. The molecule has 6 rings (SSSR count). The highest BCUT2D eigenvalue weighted by molar-refractivity contribution is 9.10. The summed E-state index contributed by atoms with van der Waals surface area (Å²) in [5.74, 6) is -4.94. The summed E-state index contributed by atoms with van der Waals surface area (Å²) in [5, 5.41) is 1.03. The fourth-order valence-electron chi connectivity index (χ4n) is 5.60. The van der Waals surface area contributed by atoms with Crippen LogP contribution >= 0.6 is 39.0 Å². The molecular formula is C30H18BrF6N3O4S2. The van der Waals surface area contributed by atoms with E-state index in [1.807, 2.05) is 0 Å². The average Bonchev–Trinajstić information content (AvgIpc) is 3.43. The molecule has 2 aliphatic rings. The molecule has 7 nitrogen and oxygen atoms in total. The first-order valence-corrected chi connectivity index (χ1v) is 15.8. The maximum Gasteiger partial charge on any atom is 0.418 e. The van der Waals surface area contributed by atoms with Crippen molar-refractivity contribution in [2.75, 3.05) is 10.2 Å². The van der Waals surface area contributed by atoms with Gasteiger partial charge in [-0.25, -0.2) is 4.90 Å². The smallest absolute Gasteiger partial charge is 0.324 e. The van der Waals surface area contributed by atoms with Crippen LogP contribution in [-0.4, -0.2) is 27.5 Å². The maximum absolute atomic E-state index is 14.0. The van der Waals surface area contributed by atoms with Crippen LogP contribution in [0.3, 0.4) is 0 Å². The molecule has 0 unspecified atom stereocenters. The zero-order valence-corrected chi connectivity index (χ0v) is 26.1. The van der Waals surface area contributed by atoms with Gasteiger partial charge in [0, 0.05) is 15.3 Å². The second-order valence-electron chi connectivity index (χ2n) is 10.3.